The Labute approximate surface area is 170 Å². The molecule has 0 unspecified atom stereocenters. The Morgan fingerprint density at radius 1 is 1.21 bits per heavy atom. The number of aryl methyl sites for hydroxylation is 2. The number of amides is 1. The van der Waals surface area contributed by atoms with E-state index in [-0.39, 0.29) is 18.9 Å². The van der Waals surface area contributed by atoms with Crippen LogP contribution < -0.4 is 11.1 Å². The molecule has 10 heteroatoms. The molecule has 0 aromatic carbocycles. The van der Waals surface area contributed by atoms with Crippen LogP contribution in [0.3, 0.4) is 0 Å². The molecular formula is C19H33N5O5. The predicted octanol–water partition coefficient (Wildman–Crippen LogP) is 0.636. The third-order valence-electron chi connectivity index (χ3n) is 5.37. The average molecular weight is 412 g/mol. The van der Waals surface area contributed by atoms with Crippen LogP contribution in [0.15, 0.2) is 0 Å². The van der Waals surface area contributed by atoms with E-state index in [4.69, 9.17) is 25.5 Å². The summed E-state index contributed by atoms with van der Waals surface area (Å²) in [6.45, 7) is 5.84. The summed E-state index contributed by atoms with van der Waals surface area (Å²) in [7, 11) is 0. The van der Waals surface area contributed by atoms with Gasteiger partial charge >= 0.3 is 0 Å². The summed E-state index contributed by atoms with van der Waals surface area (Å²) < 4.78 is 0. The number of carboxylic acid groups (broad SMARTS) is 2. The van der Waals surface area contributed by atoms with Crippen molar-refractivity contribution >= 4 is 18.9 Å². The van der Waals surface area contributed by atoms with Crippen molar-refractivity contribution in [3.63, 3.8) is 0 Å². The van der Waals surface area contributed by atoms with E-state index in [1.807, 2.05) is 13.8 Å². The highest BCUT2D eigenvalue weighted by molar-refractivity contribution is 5.76. The van der Waals surface area contributed by atoms with Gasteiger partial charge in [0.2, 0.25) is 5.91 Å². The molecule has 2 fully saturated rings. The average Bonchev–Trinajstić information content (AvgIpc) is 3.34. The number of carbonyl (C=O) groups is 3. The molecule has 2 heterocycles. The van der Waals surface area contributed by atoms with Crippen LogP contribution in [0.1, 0.15) is 49.1 Å². The fraction of sp³-hybridized carbons (Fsp3) is 0.684. The molecule has 0 spiro atoms. The van der Waals surface area contributed by atoms with Crippen molar-refractivity contribution < 1.29 is 24.6 Å². The van der Waals surface area contributed by atoms with Crippen molar-refractivity contribution in [2.75, 3.05) is 13.1 Å². The van der Waals surface area contributed by atoms with Crippen LogP contribution in [-0.2, 0) is 20.9 Å². The van der Waals surface area contributed by atoms with E-state index in [1.165, 1.54) is 12.8 Å². The van der Waals surface area contributed by atoms with Gasteiger partial charge in [0.15, 0.2) is 0 Å². The fourth-order valence-electron chi connectivity index (χ4n) is 3.69. The first-order valence-electron chi connectivity index (χ1n) is 9.80. The first-order valence-corrected chi connectivity index (χ1v) is 9.80. The van der Waals surface area contributed by atoms with Crippen molar-refractivity contribution in [1.82, 2.24) is 20.4 Å². The molecule has 2 atom stereocenters. The first kappa shape index (κ1) is 24.6. The van der Waals surface area contributed by atoms with Gasteiger partial charge in [-0.2, -0.15) is 5.10 Å². The molecule has 0 bridgehead atoms. The van der Waals surface area contributed by atoms with Crippen LogP contribution >= 0.6 is 0 Å². The number of hydrogen-bond donors (Lipinski definition) is 5. The lowest BCUT2D eigenvalue weighted by molar-refractivity contribution is -0.123. The molecule has 1 aromatic rings. The Bertz CT molecular complexity index is 621. The van der Waals surface area contributed by atoms with E-state index in [0.29, 0.717) is 31.6 Å². The van der Waals surface area contributed by atoms with E-state index in [0.717, 1.165) is 42.3 Å². The Hall–Kier alpha value is -2.46. The highest BCUT2D eigenvalue weighted by Gasteiger charge is 2.37. The molecule has 1 saturated carbocycles. The standard InChI is InChI=1S/C17H29N5O.2CH2O2/c1-11-16(12(2)21-20-11)9-19-17(23)7-14-5-6-15(8-18)22(14)10-13-3-4-13;2*2-1-3/h13-15H,3-10,18H2,1-2H3,(H,19,23)(H,20,21);2*1H,(H,2,3)/t14-,15+;;/m0../s1. The minimum absolute atomic E-state index is 0.133. The summed E-state index contributed by atoms with van der Waals surface area (Å²) in [5.74, 6) is 0.970. The van der Waals surface area contributed by atoms with Crippen LogP contribution in [0.4, 0.5) is 0 Å². The predicted molar refractivity (Wildman–Crippen MR) is 107 cm³/mol. The van der Waals surface area contributed by atoms with Gasteiger partial charge in [0.05, 0.1) is 5.69 Å². The topological polar surface area (TPSA) is 162 Å². The molecule has 10 nitrogen and oxygen atoms in total. The zero-order valence-electron chi connectivity index (χ0n) is 17.1. The van der Waals surface area contributed by atoms with Crippen LogP contribution in [0.5, 0.6) is 0 Å². The maximum atomic E-state index is 12.4. The highest BCUT2D eigenvalue weighted by Crippen LogP contribution is 2.35. The smallest absolute Gasteiger partial charge is 0.290 e. The van der Waals surface area contributed by atoms with Gasteiger partial charge in [-0.3, -0.25) is 24.4 Å². The third kappa shape index (κ3) is 8.20. The zero-order chi connectivity index (χ0) is 21.8. The van der Waals surface area contributed by atoms with E-state index in [9.17, 15) is 4.79 Å². The molecule has 1 aliphatic heterocycles. The van der Waals surface area contributed by atoms with Gasteiger partial charge in [0.25, 0.3) is 12.9 Å². The molecule has 1 amide bonds. The zero-order valence-corrected chi connectivity index (χ0v) is 17.1. The van der Waals surface area contributed by atoms with E-state index >= 15 is 0 Å². The lowest BCUT2D eigenvalue weighted by Gasteiger charge is -2.29. The van der Waals surface area contributed by atoms with Crippen molar-refractivity contribution in [2.24, 2.45) is 11.7 Å². The van der Waals surface area contributed by atoms with Crippen molar-refractivity contribution in [3.8, 4) is 0 Å². The fourth-order valence-corrected chi connectivity index (χ4v) is 3.69. The molecule has 1 aromatic heterocycles. The van der Waals surface area contributed by atoms with Gasteiger partial charge in [0, 0.05) is 49.4 Å². The monoisotopic (exact) mass is 411 g/mol. The second-order valence-electron chi connectivity index (χ2n) is 7.37. The summed E-state index contributed by atoms with van der Waals surface area (Å²) in [6, 6.07) is 0.822. The van der Waals surface area contributed by atoms with Crippen molar-refractivity contribution in [1.29, 1.82) is 0 Å². The molecule has 1 aliphatic carbocycles. The first-order chi connectivity index (χ1) is 13.9. The van der Waals surface area contributed by atoms with Crippen LogP contribution in [0, 0.1) is 19.8 Å². The lowest BCUT2D eigenvalue weighted by Crippen LogP contribution is -2.43. The molecule has 2 aliphatic rings. The molecule has 6 N–H and O–H groups in total. The number of likely N-dealkylation sites (tertiary alicyclic amines) is 1. The second-order valence-corrected chi connectivity index (χ2v) is 7.37. The summed E-state index contributed by atoms with van der Waals surface area (Å²) in [6.07, 6.45) is 5.48. The Morgan fingerprint density at radius 3 is 2.28 bits per heavy atom. The Balaban J connectivity index is 0.000000626. The maximum Gasteiger partial charge on any atom is 0.290 e. The molecule has 3 rings (SSSR count). The van der Waals surface area contributed by atoms with E-state index < -0.39 is 0 Å². The van der Waals surface area contributed by atoms with Crippen LogP contribution in [-0.4, -0.2) is 69.3 Å². The van der Waals surface area contributed by atoms with Crippen molar-refractivity contribution in [2.45, 2.75) is 64.6 Å². The highest BCUT2D eigenvalue weighted by atomic mass is 16.3. The normalized spacial score (nSPS) is 20.7. The molecular weight excluding hydrogens is 378 g/mol. The lowest BCUT2D eigenvalue weighted by atomic mass is 10.1. The maximum absolute atomic E-state index is 12.4. The second kappa shape index (κ2) is 12.9. The SMILES string of the molecule is Cc1n[nH]c(C)c1CNC(=O)C[C@@H]1CC[C@H](CN)N1CC1CC1.O=CO.O=CO. The molecule has 1 saturated heterocycles. The summed E-state index contributed by atoms with van der Waals surface area (Å²) in [4.78, 5) is 31.6. The van der Waals surface area contributed by atoms with Gasteiger partial charge < -0.3 is 21.3 Å². The number of nitrogens with zero attached hydrogens (tertiary/aromatic N) is 2. The largest absolute Gasteiger partial charge is 0.483 e. The van der Waals surface area contributed by atoms with Gasteiger partial charge in [-0.15, -0.1) is 0 Å². The summed E-state index contributed by atoms with van der Waals surface area (Å²) in [5.41, 5.74) is 9.00. The van der Waals surface area contributed by atoms with E-state index in [2.05, 4.69) is 20.4 Å². The number of carbonyl (C=O) groups excluding carboxylic acids is 1. The minimum atomic E-state index is -0.250. The number of hydrogen-bond acceptors (Lipinski definition) is 6. The summed E-state index contributed by atoms with van der Waals surface area (Å²) in [5, 5.41) is 24.0. The van der Waals surface area contributed by atoms with Gasteiger partial charge in [-0.1, -0.05) is 0 Å². The number of H-pyrrole nitrogens is 1. The third-order valence-corrected chi connectivity index (χ3v) is 5.37. The number of aromatic nitrogens is 2. The molecule has 29 heavy (non-hydrogen) atoms. The van der Waals surface area contributed by atoms with E-state index in [1.54, 1.807) is 0 Å². The number of nitrogens with one attached hydrogen (secondary N) is 2. The Morgan fingerprint density at radius 2 is 1.79 bits per heavy atom. The van der Waals surface area contributed by atoms with Crippen LogP contribution in [0.2, 0.25) is 0 Å². The number of nitrogens with two attached hydrogens (primary N) is 1. The van der Waals surface area contributed by atoms with Gasteiger partial charge in [-0.25, -0.2) is 0 Å². The quantitative estimate of drug-likeness (QED) is 0.408. The minimum Gasteiger partial charge on any atom is -0.483 e. The van der Waals surface area contributed by atoms with Gasteiger partial charge in [-0.05, 0) is 45.4 Å². The Kier molecular flexibility index (Phi) is 10.9. The summed E-state index contributed by atoms with van der Waals surface area (Å²) >= 11 is 0. The van der Waals surface area contributed by atoms with Crippen molar-refractivity contribution in [3.05, 3.63) is 17.0 Å². The van der Waals surface area contributed by atoms with Gasteiger partial charge in [0.1, 0.15) is 0 Å². The molecule has 164 valence electrons. The van der Waals surface area contributed by atoms with Crippen LogP contribution in [0.25, 0.3) is 0 Å². The number of rotatable bonds is 7. The number of aromatic amines is 1. The molecule has 0 radical (unpaired) electrons.